The van der Waals surface area contributed by atoms with Gasteiger partial charge in [0.25, 0.3) is 0 Å². The molecule has 0 radical (unpaired) electrons. The maximum Gasteiger partial charge on any atom is 0.126 e. The Balaban J connectivity index is 1.99. The first-order valence-corrected chi connectivity index (χ1v) is 9.03. The second-order valence-electron chi connectivity index (χ2n) is 5.06. The van der Waals surface area contributed by atoms with Gasteiger partial charge in [-0.25, -0.2) is 0 Å². The third-order valence-electron chi connectivity index (χ3n) is 3.21. The van der Waals surface area contributed by atoms with E-state index >= 15 is 0 Å². The number of ether oxygens (including phenoxy) is 1. The van der Waals surface area contributed by atoms with Crippen molar-refractivity contribution in [2.24, 2.45) is 0 Å². The molecule has 19 heavy (non-hydrogen) atoms. The molecular formula is C15H22BrNOS. The Labute approximate surface area is 128 Å². The molecule has 0 aromatic heterocycles. The first-order chi connectivity index (χ1) is 9.20. The lowest BCUT2D eigenvalue weighted by atomic mass is 10.1. The van der Waals surface area contributed by atoms with E-state index in [1.807, 2.05) is 11.8 Å². The molecule has 2 nitrogen and oxygen atoms in total. The van der Waals surface area contributed by atoms with Gasteiger partial charge in [-0.1, -0.05) is 15.9 Å². The van der Waals surface area contributed by atoms with Gasteiger partial charge in [0.05, 0.1) is 6.61 Å². The summed E-state index contributed by atoms with van der Waals surface area (Å²) in [5.41, 5.74) is 2.48. The summed E-state index contributed by atoms with van der Waals surface area (Å²) in [6.07, 6.45) is 5.87. The number of benzene rings is 1. The Morgan fingerprint density at radius 3 is 2.89 bits per heavy atom. The predicted molar refractivity (Wildman–Crippen MR) is 87.2 cm³/mol. The van der Waals surface area contributed by atoms with Crippen LogP contribution in [0.3, 0.4) is 0 Å². The van der Waals surface area contributed by atoms with Crippen LogP contribution in [0.4, 0.5) is 0 Å². The lowest BCUT2D eigenvalue weighted by Gasteiger charge is -2.15. The van der Waals surface area contributed by atoms with E-state index in [1.165, 1.54) is 24.0 Å². The number of halogens is 1. The highest BCUT2D eigenvalue weighted by atomic mass is 79.9. The smallest absolute Gasteiger partial charge is 0.126 e. The Morgan fingerprint density at radius 2 is 2.21 bits per heavy atom. The second-order valence-corrected chi connectivity index (χ2v) is 6.96. The van der Waals surface area contributed by atoms with Crippen molar-refractivity contribution in [2.75, 3.05) is 18.6 Å². The summed E-state index contributed by atoms with van der Waals surface area (Å²) in [7, 11) is 0. The van der Waals surface area contributed by atoms with Crippen molar-refractivity contribution in [1.82, 2.24) is 5.32 Å². The van der Waals surface area contributed by atoms with Gasteiger partial charge in [0, 0.05) is 22.6 Å². The van der Waals surface area contributed by atoms with Crippen LogP contribution in [0.25, 0.3) is 0 Å². The third kappa shape index (κ3) is 5.01. The zero-order valence-corrected chi connectivity index (χ0v) is 14.1. The van der Waals surface area contributed by atoms with Crippen molar-refractivity contribution in [3.8, 4) is 5.75 Å². The molecule has 1 N–H and O–H groups in total. The Morgan fingerprint density at radius 1 is 1.42 bits per heavy atom. The van der Waals surface area contributed by atoms with Crippen LogP contribution in [-0.2, 0) is 6.54 Å². The van der Waals surface area contributed by atoms with Gasteiger partial charge in [-0.2, -0.15) is 11.8 Å². The highest BCUT2D eigenvalue weighted by molar-refractivity contribution is 9.10. The van der Waals surface area contributed by atoms with Crippen LogP contribution >= 0.6 is 27.7 Å². The molecule has 0 unspecified atom stereocenters. The second kappa shape index (κ2) is 7.55. The lowest BCUT2D eigenvalue weighted by molar-refractivity contribution is 0.312. The highest BCUT2D eigenvalue weighted by Crippen LogP contribution is 2.29. The fourth-order valence-corrected chi connectivity index (χ4v) is 3.08. The van der Waals surface area contributed by atoms with Gasteiger partial charge in [-0.3, -0.25) is 0 Å². The standard InChI is InChI=1S/C15H22BrNOS/c1-11-8-13(16)9-12(10-17-14-4-5-14)15(11)18-6-3-7-19-2/h8-9,14,17H,3-7,10H2,1-2H3. The highest BCUT2D eigenvalue weighted by Gasteiger charge is 2.21. The molecule has 0 atom stereocenters. The normalized spacial score (nSPS) is 14.7. The van der Waals surface area contributed by atoms with Crippen molar-refractivity contribution in [3.05, 3.63) is 27.7 Å². The fraction of sp³-hybridized carbons (Fsp3) is 0.600. The number of aryl methyl sites for hydroxylation is 1. The molecule has 1 aliphatic rings. The first-order valence-electron chi connectivity index (χ1n) is 6.85. The van der Waals surface area contributed by atoms with E-state index in [2.05, 4.69) is 46.6 Å². The number of thioether (sulfide) groups is 1. The largest absolute Gasteiger partial charge is 0.493 e. The molecular weight excluding hydrogens is 322 g/mol. The number of hydrogen-bond acceptors (Lipinski definition) is 3. The maximum absolute atomic E-state index is 6.00. The Hall–Kier alpha value is -0.190. The van der Waals surface area contributed by atoms with Crippen LogP contribution in [0.2, 0.25) is 0 Å². The zero-order valence-electron chi connectivity index (χ0n) is 11.7. The van der Waals surface area contributed by atoms with Gasteiger partial charge in [0.1, 0.15) is 5.75 Å². The van der Waals surface area contributed by atoms with Crippen molar-refractivity contribution < 1.29 is 4.74 Å². The number of hydrogen-bond donors (Lipinski definition) is 1. The molecule has 0 amide bonds. The fourth-order valence-electron chi connectivity index (χ4n) is 2.06. The Kier molecular flexibility index (Phi) is 6.05. The zero-order chi connectivity index (χ0) is 13.7. The monoisotopic (exact) mass is 343 g/mol. The van der Waals surface area contributed by atoms with E-state index in [-0.39, 0.29) is 0 Å². The van der Waals surface area contributed by atoms with E-state index in [0.29, 0.717) is 0 Å². The third-order valence-corrected chi connectivity index (χ3v) is 4.37. The van der Waals surface area contributed by atoms with Crippen LogP contribution < -0.4 is 10.1 Å². The van der Waals surface area contributed by atoms with E-state index in [4.69, 9.17) is 4.74 Å². The van der Waals surface area contributed by atoms with E-state index in [9.17, 15) is 0 Å². The average molecular weight is 344 g/mol. The SMILES string of the molecule is CSCCCOc1c(C)cc(Br)cc1CNC1CC1. The molecule has 0 heterocycles. The molecule has 1 aromatic carbocycles. The summed E-state index contributed by atoms with van der Waals surface area (Å²) in [4.78, 5) is 0. The summed E-state index contributed by atoms with van der Waals surface area (Å²) in [6, 6.07) is 5.03. The van der Waals surface area contributed by atoms with Crippen molar-refractivity contribution in [2.45, 2.75) is 38.8 Å². The van der Waals surface area contributed by atoms with Crippen molar-refractivity contribution >= 4 is 27.7 Å². The summed E-state index contributed by atoms with van der Waals surface area (Å²) in [5.74, 6) is 2.23. The molecule has 1 aliphatic carbocycles. The molecule has 2 rings (SSSR count). The molecule has 4 heteroatoms. The molecule has 1 fully saturated rings. The molecule has 0 spiro atoms. The van der Waals surface area contributed by atoms with Crippen molar-refractivity contribution in [3.63, 3.8) is 0 Å². The van der Waals surface area contributed by atoms with E-state index < -0.39 is 0 Å². The van der Waals surface area contributed by atoms with Crippen LogP contribution in [0.5, 0.6) is 5.75 Å². The molecule has 1 aromatic rings. The average Bonchev–Trinajstić information content (AvgIpc) is 3.18. The van der Waals surface area contributed by atoms with Gasteiger partial charge in [-0.15, -0.1) is 0 Å². The minimum Gasteiger partial charge on any atom is -0.493 e. The minimum atomic E-state index is 0.726. The quantitative estimate of drug-likeness (QED) is 0.716. The van der Waals surface area contributed by atoms with Crippen molar-refractivity contribution in [1.29, 1.82) is 0 Å². The van der Waals surface area contributed by atoms with Crippen LogP contribution in [-0.4, -0.2) is 24.7 Å². The summed E-state index contributed by atoms with van der Waals surface area (Å²) in [5, 5.41) is 3.56. The molecule has 0 bridgehead atoms. The van der Waals surface area contributed by atoms with Gasteiger partial charge < -0.3 is 10.1 Å². The van der Waals surface area contributed by atoms with Gasteiger partial charge in [0.2, 0.25) is 0 Å². The van der Waals surface area contributed by atoms with Gasteiger partial charge >= 0.3 is 0 Å². The van der Waals surface area contributed by atoms with Crippen LogP contribution in [0.15, 0.2) is 16.6 Å². The molecule has 0 aliphatic heterocycles. The number of nitrogens with one attached hydrogen (secondary N) is 1. The van der Waals surface area contributed by atoms with Gasteiger partial charge in [-0.05, 0) is 55.9 Å². The predicted octanol–water partition coefficient (Wildman–Crippen LogP) is 4.14. The van der Waals surface area contributed by atoms with E-state index in [1.54, 1.807) is 0 Å². The van der Waals surface area contributed by atoms with Crippen LogP contribution in [0, 0.1) is 6.92 Å². The topological polar surface area (TPSA) is 21.3 Å². The number of rotatable bonds is 8. The molecule has 106 valence electrons. The summed E-state index contributed by atoms with van der Waals surface area (Å²) in [6.45, 7) is 3.83. The summed E-state index contributed by atoms with van der Waals surface area (Å²) < 4.78 is 7.14. The maximum atomic E-state index is 6.00. The Bertz CT molecular complexity index is 421. The molecule has 0 saturated heterocycles. The lowest BCUT2D eigenvalue weighted by Crippen LogP contribution is -2.16. The minimum absolute atomic E-state index is 0.726. The summed E-state index contributed by atoms with van der Waals surface area (Å²) >= 11 is 5.45. The first kappa shape index (κ1) is 15.2. The molecule has 1 saturated carbocycles. The van der Waals surface area contributed by atoms with Gasteiger partial charge in [0.15, 0.2) is 0 Å². The van der Waals surface area contributed by atoms with Crippen LogP contribution in [0.1, 0.15) is 30.4 Å². The van der Waals surface area contributed by atoms with E-state index in [0.717, 1.165) is 41.6 Å².